The third-order valence-electron chi connectivity index (χ3n) is 6.46. The maximum Gasteiger partial charge on any atom is 0.166 e. The zero-order valence-corrected chi connectivity index (χ0v) is 18.3. The maximum atomic E-state index is 13.9. The van der Waals surface area contributed by atoms with Crippen molar-refractivity contribution < 1.29 is 9.13 Å². The van der Waals surface area contributed by atoms with E-state index in [1.165, 1.54) is 17.8 Å². The minimum Gasteiger partial charge on any atom is -0.382 e. The van der Waals surface area contributed by atoms with Gasteiger partial charge in [-0.15, -0.1) is 0 Å². The molecule has 0 unspecified atom stereocenters. The minimum absolute atomic E-state index is 0.307. The van der Waals surface area contributed by atoms with E-state index in [1.807, 2.05) is 4.57 Å². The Morgan fingerprint density at radius 3 is 2.58 bits per heavy atom. The number of nitrogens with two attached hydrogens (primary N) is 1. The second-order valence-electron chi connectivity index (χ2n) is 8.83. The number of nitrogen functional groups attached to an aromatic ring is 1. The highest BCUT2D eigenvalue weighted by atomic mass is 19.1. The molecular formula is C24H24FN7O. The number of benzene rings is 1. The van der Waals surface area contributed by atoms with Crippen LogP contribution in [0.1, 0.15) is 23.4 Å². The summed E-state index contributed by atoms with van der Waals surface area (Å²) in [6, 6.07) is 10.5. The molecule has 5 heterocycles. The molecule has 1 aromatic carbocycles. The molecule has 0 aliphatic carbocycles. The summed E-state index contributed by atoms with van der Waals surface area (Å²) in [6.45, 7) is 5.10. The molecule has 0 radical (unpaired) electrons. The van der Waals surface area contributed by atoms with Gasteiger partial charge in [0.25, 0.3) is 0 Å². The highest BCUT2D eigenvalue weighted by molar-refractivity contribution is 5.85. The fourth-order valence-corrected chi connectivity index (χ4v) is 4.88. The number of rotatable bonds is 5. The van der Waals surface area contributed by atoms with Gasteiger partial charge in [-0.3, -0.25) is 9.88 Å². The molecule has 6 rings (SSSR count). The molecule has 2 aliphatic heterocycles. The first-order chi connectivity index (χ1) is 16.0. The third kappa shape index (κ3) is 3.73. The molecule has 2 saturated heterocycles. The van der Waals surface area contributed by atoms with E-state index in [9.17, 15) is 4.39 Å². The number of pyridine rings is 1. The Morgan fingerprint density at radius 1 is 1.09 bits per heavy atom. The Labute approximate surface area is 190 Å². The fourth-order valence-electron chi connectivity index (χ4n) is 4.88. The highest BCUT2D eigenvalue weighted by Crippen LogP contribution is 2.30. The van der Waals surface area contributed by atoms with Crippen LogP contribution in [0, 0.1) is 12.7 Å². The van der Waals surface area contributed by atoms with Crippen LogP contribution in [0.5, 0.6) is 0 Å². The lowest BCUT2D eigenvalue weighted by Crippen LogP contribution is -2.36. The number of aryl methyl sites for hydroxylation is 1. The number of hydrogen-bond acceptors (Lipinski definition) is 7. The van der Waals surface area contributed by atoms with E-state index >= 15 is 0 Å². The first-order valence-corrected chi connectivity index (χ1v) is 11.1. The van der Waals surface area contributed by atoms with Crippen molar-refractivity contribution in [3.63, 3.8) is 0 Å². The molecule has 168 valence electrons. The lowest BCUT2D eigenvalue weighted by atomic mass is 10.1. The summed E-state index contributed by atoms with van der Waals surface area (Å²) >= 11 is 0. The largest absolute Gasteiger partial charge is 0.382 e. The molecule has 0 saturated carbocycles. The zero-order chi connectivity index (χ0) is 22.5. The van der Waals surface area contributed by atoms with Crippen molar-refractivity contribution in [2.24, 2.45) is 0 Å². The smallest absolute Gasteiger partial charge is 0.166 e. The standard InChI is InChI=1S/C24H24FN7O/c1-14-28-22(26)21-24(29-14)32(23(30-21)17-6-18(25)9-27-8-17)11-16-4-2-15(3-5-16)10-31-12-20-7-19(31)13-33-20/h2-6,8-9,19-20H,7,10-13H2,1H3,(H2,26,28,29)/t19-,20-/m0/s1. The molecule has 2 atom stereocenters. The monoisotopic (exact) mass is 445 g/mol. The summed E-state index contributed by atoms with van der Waals surface area (Å²) in [4.78, 5) is 20.0. The molecule has 2 aliphatic rings. The van der Waals surface area contributed by atoms with Crippen molar-refractivity contribution in [3.8, 4) is 11.4 Å². The number of morpholine rings is 1. The van der Waals surface area contributed by atoms with Crippen molar-refractivity contribution in [1.82, 2.24) is 29.4 Å². The van der Waals surface area contributed by atoms with Crippen molar-refractivity contribution in [3.05, 3.63) is 65.5 Å². The lowest BCUT2D eigenvalue weighted by molar-refractivity contribution is 0.0273. The fraction of sp³-hybridized carbons (Fsp3) is 0.333. The van der Waals surface area contributed by atoms with Gasteiger partial charge in [-0.1, -0.05) is 24.3 Å². The predicted molar refractivity (Wildman–Crippen MR) is 122 cm³/mol. The molecular weight excluding hydrogens is 421 g/mol. The van der Waals surface area contributed by atoms with Gasteiger partial charge >= 0.3 is 0 Å². The topological polar surface area (TPSA) is 95.0 Å². The second kappa shape index (κ2) is 7.86. The summed E-state index contributed by atoms with van der Waals surface area (Å²) < 4.78 is 21.6. The molecule has 4 aromatic rings. The van der Waals surface area contributed by atoms with E-state index in [2.05, 4.69) is 49.1 Å². The van der Waals surface area contributed by atoms with Crippen LogP contribution in [0.15, 0.2) is 42.7 Å². The van der Waals surface area contributed by atoms with Gasteiger partial charge < -0.3 is 15.0 Å². The Hall–Kier alpha value is -3.43. The summed E-state index contributed by atoms with van der Waals surface area (Å²) in [5.41, 5.74) is 10.2. The summed E-state index contributed by atoms with van der Waals surface area (Å²) in [7, 11) is 0. The Morgan fingerprint density at radius 2 is 1.88 bits per heavy atom. The minimum atomic E-state index is -0.424. The van der Waals surface area contributed by atoms with Gasteiger partial charge in [0.1, 0.15) is 17.5 Å². The third-order valence-corrected chi connectivity index (χ3v) is 6.46. The number of likely N-dealkylation sites (tertiary alicyclic amines) is 1. The number of imidazole rings is 1. The van der Waals surface area contributed by atoms with E-state index in [-0.39, 0.29) is 0 Å². The van der Waals surface area contributed by atoms with E-state index in [4.69, 9.17) is 10.5 Å². The average Bonchev–Trinajstić information content (AvgIpc) is 3.50. The maximum absolute atomic E-state index is 13.9. The molecule has 33 heavy (non-hydrogen) atoms. The number of ether oxygens (including phenoxy) is 1. The van der Waals surface area contributed by atoms with Crippen molar-refractivity contribution in [1.29, 1.82) is 0 Å². The van der Waals surface area contributed by atoms with Crippen LogP contribution in [0.25, 0.3) is 22.6 Å². The highest BCUT2D eigenvalue weighted by Gasteiger charge is 2.38. The number of aromatic nitrogens is 5. The Bertz CT molecular complexity index is 1340. The van der Waals surface area contributed by atoms with Gasteiger partial charge in [0.05, 0.1) is 25.5 Å². The van der Waals surface area contributed by atoms with Gasteiger partial charge in [0, 0.05) is 30.9 Å². The number of fused-ring (bicyclic) bond motifs is 3. The molecule has 2 N–H and O–H groups in total. The van der Waals surface area contributed by atoms with Crippen LogP contribution in [0.3, 0.4) is 0 Å². The first kappa shape index (κ1) is 20.2. The summed E-state index contributed by atoms with van der Waals surface area (Å²) in [5, 5.41) is 0. The summed E-state index contributed by atoms with van der Waals surface area (Å²) in [6.07, 6.45) is 4.31. The summed E-state index contributed by atoms with van der Waals surface area (Å²) in [5.74, 6) is 0.998. The molecule has 8 nitrogen and oxygen atoms in total. The van der Waals surface area contributed by atoms with Crippen molar-refractivity contribution >= 4 is 17.0 Å². The molecule has 0 amide bonds. The van der Waals surface area contributed by atoms with E-state index < -0.39 is 5.82 Å². The average molecular weight is 446 g/mol. The Kier molecular flexibility index (Phi) is 4.81. The number of hydrogen-bond donors (Lipinski definition) is 1. The van der Waals surface area contributed by atoms with Gasteiger partial charge in [-0.2, -0.15) is 0 Å². The van der Waals surface area contributed by atoms with Crippen LogP contribution < -0.4 is 5.73 Å². The van der Waals surface area contributed by atoms with Gasteiger partial charge in [0.15, 0.2) is 17.0 Å². The van der Waals surface area contributed by atoms with Crippen LogP contribution in [0.4, 0.5) is 10.2 Å². The van der Waals surface area contributed by atoms with Gasteiger partial charge in [0.2, 0.25) is 0 Å². The van der Waals surface area contributed by atoms with E-state index in [0.717, 1.165) is 31.7 Å². The lowest BCUT2D eigenvalue weighted by Gasteiger charge is -2.26. The van der Waals surface area contributed by atoms with E-state index in [0.29, 0.717) is 52.9 Å². The molecule has 2 bridgehead atoms. The van der Waals surface area contributed by atoms with Gasteiger partial charge in [-0.25, -0.2) is 19.3 Å². The first-order valence-electron chi connectivity index (χ1n) is 11.1. The van der Waals surface area contributed by atoms with E-state index in [1.54, 1.807) is 13.1 Å². The zero-order valence-electron chi connectivity index (χ0n) is 18.3. The van der Waals surface area contributed by atoms with Crippen LogP contribution >= 0.6 is 0 Å². The van der Waals surface area contributed by atoms with Crippen LogP contribution in [0.2, 0.25) is 0 Å². The SMILES string of the molecule is Cc1nc(N)c2nc(-c3cncc(F)c3)n(Cc3ccc(CN4C[C@@H]5C[C@H]4CO5)cc3)c2n1. The van der Waals surface area contributed by atoms with Crippen molar-refractivity contribution in [2.75, 3.05) is 18.9 Å². The molecule has 0 spiro atoms. The molecule has 3 aromatic heterocycles. The molecule has 2 fully saturated rings. The van der Waals surface area contributed by atoms with Crippen LogP contribution in [-0.4, -0.2) is 54.7 Å². The molecule has 9 heteroatoms. The predicted octanol–water partition coefficient (Wildman–Crippen LogP) is 2.94. The number of nitrogens with zero attached hydrogens (tertiary/aromatic N) is 6. The second-order valence-corrected chi connectivity index (χ2v) is 8.83. The number of halogens is 1. The van der Waals surface area contributed by atoms with Crippen molar-refractivity contribution in [2.45, 2.75) is 38.6 Å². The van der Waals surface area contributed by atoms with Gasteiger partial charge in [-0.05, 0) is 30.5 Å². The number of anilines is 1. The van der Waals surface area contributed by atoms with Crippen LogP contribution in [-0.2, 0) is 17.8 Å². The Balaban J connectivity index is 1.33. The quantitative estimate of drug-likeness (QED) is 0.505. The normalized spacial score (nSPS) is 20.2.